The highest BCUT2D eigenvalue weighted by atomic mass is 79.9. The monoisotopic (exact) mass is 398 g/mol. The molecule has 0 saturated carbocycles. The molecule has 23 heavy (non-hydrogen) atoms. The summed E-state index contributed by atoms with van der Waals surface area (Å²) in [7, 11) is -3.80. The molecule has 1 aliphatic heterocycles. The first-order valence-electron chi connectivity index (χ1n) is 7.15. The van der Waals surface area contributed by atoms with E-state index in [0.717, 1.165) is 11.6 Å². The number of benzene rings is 2. The predicted molar refractivity (Wildman–Crippen MR) is 90.0 cm³/mol. The van der Waals surface area contributed by atoms with Gasteiger partial charge in [0, 0.05) is 29.5 Å². The zero-order valence-corrected chi connectivity index (χ0v) is 14.6. The first-order chi connectivity index (χ1) is 10.9. The summed E-state index contributed by atoms with van der Waals surface area (Å²) in [5.41, 5.74) is 7.16. The summed E-state index contributed by atoms with van der Waals surface area (Å²) in [6.07, 6.45) is 0. The minimum absolute atomic E-state index is 0.0709. The molecule has 0 bridgehead atoms. The Hall–Kier alpha value is -1.28. The van der Waals surface area contributed by atoms with Gasteiger partial charge in [-0.25, -0.2) is 12.8 Å². The summed E-state index contributed by atoms with van der Waals surface area (Å²) in [6, 6.07) is 12.9. The van der Waals surface area contributed by atoms with Crippen molar-refractivity contribution in [2.75, 3.05) is 13.1 Å². The Balaban J connectivity index is 1.92. The molecule has 2 aromatic rings. The van der Waals surface area contributed by atoms with Crippen molar-refractivity contribution < 1.29 is 12.8 Å². The lowest BCUT2D eigenvalue weighted by Gasteiger charge is -2.17. The first-order valence-corrected chi connectivity index (χ1v) is 9.38. The summed E-state index contributed by atoms with van der Waals surface area (Å²) in [4.78, 5) is -0.0709. The van der Waals surface area contributed by atoms with E-state index in [4.69, 9.17) is 5.73 Å². The van der Waals surface area contributed by atoms with Crippen LogP contribution in [0.25, 0.3) is 0 Å². The van der Waals surface area contributed by atoms with Crippen LogP contribution in [0.1, 0.15) is 11.5 Å². The highest BCUT2D eigenvalue weighted by Crippen LogP contribution is 2.33. The van der Waals surface area contributed by atoms with E-state index in [0.29, 0.717) is 4.47 Å². The largest absolute Gasteiger partial charge is 0.326 e. The van der Waals surface area contributed by atoms with Crippen molar-refractivity contribution in [3.63, 3.8) is 0 Å². The maximum Gasteiger partial charge on any atom is 0.244 e. The van der Waals surface area contributed by atoms with Gasteiger partial charge in [0.1, 0.15) is 5.82 Å². The molecule has 1 heterocycles. The van der Waals surface area contributed by atoms with Crippen LogP contribution >= 0.6 is 15.9 Å². The third-order valence-electron chi connectivity index (χ3n) is 4.07. The first kappa shape index (κ1) is 16.6. The molecule has 4 nitrogen and oxygen atoms in total. The van der Waals surface area contributed by atoms with Crippen molar-refractivity contribution in [2.24, 2.45) is 5.73 Å². The number of sulfonamides is 1. The van der Waals surface area contributed by atoms with E-state index in [1.54, 1.807) is 0 Å². The Morgan fingerprint density at radius 1 is 1.13 bits per heavy atom. The van der Waals surface area contributed by atoms with E-state index in [1.165, 1.54) is 16.4 Å². The highest BCUT2D eigenvalue weighted by Gasteiger charge is 2.39. The third kappa shape index (κ3) is 3.19. The van der Waals surface area contributed by atoms with Crippen LogP contribution in [-0.4, -0.2) is 31.9 Å². The number of nitrogens with two attached hydrogens (primary N) is 1. The van der Waals surface area contributed by atoms with E-state index < -0.39 is 15.8 Å². The minimum atomic E-state index is -3.80. The Labute approximate surface area is 143 Å². The highest BCUT2D eigenvalue weighted by molar-refractivity contribution is 9.10. The third-order valence-corrected chi connectivity index (χ3v) is 6.90. The fourth-order valence-electron chi connectivity index (χ4n) is 2.85. The molecule has 0 radical (unpaired) electrons. The molecular formula is C16H16BrFN2O2S. The van der Waals surface area contributed by atoms with Crippen molar-refractivity contribution in [3.05, 3.63) is 64.4 Å². The number of hydrogen-bond acceptors (Lipinski definition) is 3. The molecule has 0 aromatic heterocycles. The average molecular weight is 399 g/mol. The normalized spacial score (nSPS) is 22.4. The van der Waals surface area contributed by atoms with Gasteiger partial charge in [0.15, 0.2) is 0 Å². The van der Waals surface area contributed by atoms with Crippen LogP contribution in [-0.2, 0) is 10.0 Å². The molecule has 0 aliphatic carbocycles. The molecule has 1 aliphatic rings. The van der Waals surface area contributed by atoms with Gasteiger partial charge in [-0.15, -0.1) is 0 Å². The number of rotatable bonds is 3. The van der Waals surface area contributed by atoms with Crippen LogP contribution in [0, 0.1) is 5.82 Å². The van der Waals surface area contributed by atoms with Gasteiger partial charge >= 0.3 is 0 Å². The number of nitrogens with zero attached hydrogens (tertiary/aromatic N) is 1. The van der Waals surface area contributed by atoms with Crippen LogP contribution in [0.2, 0.25) is 0 Å². The summed E-state index contributed by atoms with van der Waals surface area (Å²) in [6.45, 7) is 0.501. The molecule has 2 aromatic carbocycles. The standard InChI is InChI=1S/C16H16BrFN2O2S/c17-14-7-6-12(18)8-16(14)23(21,22)20-9-13(15(19)10-20)11-4-2-1-3-5-11/h1-8,13,15H,9-10,19H2/t13-,15+/m0/s1. The minimum Gasteiger partial charge on any atom is -0.326 e. The van der Waals surface area contributed by atoms with E-state index in [-0.39, 0.29) is 29.9 Å². The van der Waals surface area contributed by atoms with Crippen molar-refractivity contribution in [1.29, 1.82) is 0 Å². The predicted octanol–water partition coefficient (Wildman–Crippen LogP) is 2.70. The average Bonchev–Trinajstić information content (AvgIpc) is 2.93. The Morgan fingerprint density at radius 2 is 1.83 bits per heavy atom. The molecule has 0 amide bonds. The molecule has 0 spiro atoms. The summed E-state index contributed by atoms with van der Waals surface area (Å²) < 4.78 is 40.7. The molecule has 1 saturated heterocycles. The second-order valence-corrected chi connectivity index (χ2v) is 8.34. The van der Waals surface area contributed by atoms with Gasteiger partial charge in [0.2, 0.25) is 10.0 Å². The molecule has 122 valence electrons. The summed E-state index contributed by atoms with van der Waals surface area (Å²) in [5.74, 6) is -0.659. The van der Waals surface area contributed by atoms with E-state index in [1.807, 2.05) is 30.3 Å². The second kappa shape index (κ2) is 6.32. The zero-order chi connectivity index (χ0) is 16.6. The maximum absolute atomic E-state index is 13.5. The van der Waals surface area contributed by atoms with Gasteiger partial charge in [-0.1, -0.05) is 30.3 Å². The number of halogens is 2. The van der Waals surface area contributed by atoms with Gasteiger partial charge in [0.05, 0.1) is 4.90 Å². The van der Waals surface area contributed by atoms with Crippen molar-refractivity contribution in [3.8, 4) is 0 Å². The van der Waals surface area contributed by atoms with Gasteiger partial charge < -0.3 is 5.73 Å². The van der Waals surface area contributed by atoms with Gasteiger partial charge in [-0.2, -0.15) is 4.31 Å². The summed E-state index contributed by atoms with van der Waals surface area (Å²) in [5, 5.41) is 0. The van der Waals surface area contributed by atoms with Crippen LogP contribution in [0.4, 0.5) is 4.39 Å². The number of hydrogen-bond donors (Lipinski definition) is 1. The molecular weight excluding hydrogens is 383 g/mol. The summed E-state index contributed by atoms with van der Waals surface area (Å²) >= 11 is 3.18. The molecule has 1 fully saturated rings. The van der Waals surface area contributed by atoms with Crippen LogP contribution in [0.15, 0.2) is 57.9 Å². The Bertz CT molecular complexity index is 814. The fraction of sp³-hybridized carbons (Fsp3) is 0.250. The van der Waals surface area contributed by atoms with Crippen molar-refractivity contribution in [2.45, 2.75) is 16.9 Å². The smallest absolute Gasteiger partial charge is 0.244 e. The van der Waals surface area contributed by atoms with Gasteiger partial charge in [-0.3, -0.25) is 0 Å². The Morgan fingerprint density at radius 3 is 2.52 bits per heavy atom. The lowest BCUT2D eigenvalue weighted by Crippen LogP contribution is -2.32. The maximum atomic E-state index is 13.5. The quantitative estimate of drug-likeness (QED) is 0.864. The molecule has 2 atom stereocenters. The second-order valence-electron chi connectivity index (χ2n) is 5.58. The molecule has 0 unspecified atom stereocenters. The van der Waals surface area contributed by atoms with E-state index in [2.05, 4.69) is 15.9 Å². The van der Waals surface area contributed by atoms with Crippen LogP contribution < -0.4 is 5.73 Å². The van der Waals surface area contributed by atoms with Crippen LogP contribution in [0.5, 0.6) is 0 Å². The molecule has 3 rings (SSSR count). The molecule has 2 N–H and O–H groups in total. The van der Waals surface area contributed by atoms with Crippen molar-refractivity contribution in [1.82, 2.24) is 4.31 Å². The van der Waals surface area contributed by atoms with Crippen molar-refractivity contribution >= 4 is 26.0 Å². The lowest BCUT2D eigenvalue weighted by atomic mass is 9.95. The fourth-order valence-corrected chi connectivity index (χ4v) is 5.29. The lowest BCUT2D eigenvalue weighted by molar-refractivity contribution is 0.469. The SMILES string of the molecule is N[C@@H]1CN(S(=O)(=O)c2cc(F)ccc2Br)C[C@H]1c1ccccc1. The zero-order valence-electron chi connectivity index (χ0n) is 12.2. The van der Waals surface area contributed by atoms with Crippen LogP contribution in [0.3, 0.4) is 0 Å². The topological polar surface area (TPSA) is 63.4 Å². The van der Waals surface area contributed by atoms with Gasteiger partial charge in [-0.05, 0) is 39.7 Å². The Kier molecular flexibility index (Phi) is 4.55. The van der Waals surface area contributed by atoms with Gasteiger partial charge in [0.25, 0.3) is 0 Å². The van der Waals surface area contributed by atoms with E-state index >= 15 is 0 Å². The van der Waals surface area contributed by atoms with E-state index in [9.17, 15) is 12.8 Å². The molecule has 7 heteroatoms.